The molecule has 0 aromatic heterocycles. The number of nitrogens with one attached hydrogen (secondary N) is 1. The average molecular weight is 213 g/mol. The molecule has 1 heterocycles. The van der Waals surface area contributed by atoms with Gasteiger partial charge in [0.1, 0.15) is 6.10 Å². The first-order chi connectivity index (χ1) is 7.15. The van der Waals surface area contributed by atoms with E-state index in [1.165, 1.54) is 0 Å². The molecule has 0 aromatic rings. The third-order valence-electron chi connectivity index (χ3n) is 2.48. The van der Waals surface area contributed by atoms with Crippen LogP contribution in [0.25, 0.3) is 0 Å². The number of carbonyl (C=O) groups is 3. The summed E-state index contributed by atoms with van der Waals surface area (Å²) in [4.78, 5) is 32.9. The van der Waals surface area contributed by atoms with Crippen molar-refractivity contribution in [3.8, 4) is 0 Å². The summed E-state index contributed by atoms with van der Waals surface area (Å²) < 4.78 is 9.59. The number of ether oxygens (including phenoxy) is 2. The van der Waals surface area contributed by atoms with Gasteiger partial charge in [-0.1, -0.05) is 0 Å². The van der Waals surface area contributed by atoms with E-state index in [9.17, 15) is 14.4 Å². The SMILES string of the molecule is O=C1CC(OC(=O)OC2CCC2)C(=O)N1. The predicted molar refractivity (Wildman–Crippen MR) is 46.8 cm³/mol. The Labute approximate surface area is 85.9 Å². The summed E-state index contributed by atoms with van der Waals surface area (Å²) in [5.41, 5.74) is 0. The fourth-order valence-electron chi connectivity index (χ4n) is 1.39. The van der Waals surface area contributed by atoms with Crippen molar-refractivity contribution in [2.75, 3.05) is 0 Å². The van der Waals surface area contributed by atoms with Gasteiger partial charge in [0.2, 0.25) is 5.91 Å². The minimum absolute atomic E-state index is 0.0855. The number of carbonyl (C=O) groups excluding carboxylic acids is 3. The Hall–Kier alpha value is -1.59. The smallest absolute Gasteiger partial charge is 0.431 e. The van der Waals surface area contributed by atoms with Crippen molar-refractivity contribution in [1.82, 2.24) is 5.32 Å². The van der Waals surface area contributed by atoms with Gasteiger partial charge in [0.05, 0.1) is 6.42 Å². The lowest BCUT2D eigenvalue weighted by Crippen LogP contribution is -2.31. The van der Waals surface area contributed by atoms with E-state index in [2.05, 4.69) is 0 Å². The number of amides is 2. The van der Waals surface area contributed by atoms with Gasteiger partial charge in [0.25, 0.3) is 5.91 Å². The summed E-state index contributed by atoms with van der Waals surface area (Å²) in [7, 11) is 0. The Morgan fingerprint density at radius 3 is 2.47 bits per heavy atom. The Morgan fingerprint density at radius 1 is 1.27 bits per heavy atom. The maximum Gasteiger partial charge on any atom is 0.509 e. The zero-order valence-electron chi connectivity index (χ0n) is 8.02. The lowest BCUT2D eigenvalue weighted by Gasteiger charge is -2.24. The Kier molecular flexibility index (Phi) is 2.57. The average Bonchev–Trinajstić information content (AvgIpc) is 2.38. The molecular weight excluding hydrogens is 202 g/mol. The van der Waals surface area contributed by atoms with E-state index in [1.54, 1.807) is 0 Å². The summed E-state index contributed by atoms with van der Waals surface area (Å²) >= 11 is 0. The molecule has 6 heteroatoms. The van der Waals surface area contributed by atoms with Crippen molar-refractivity contribution in [3.63, 3.8) is 0 Å². The first kappa shape index (κ1) is 9.95. The van der Waals surface area contributed by atoms with Crippen molar-refractivity contribution < 1.29 is 23.9 Å². The second-order valence-corrected chi connectivity index (χ2v) is 3.64. The fraction of sp³-hybridized carbons (Fsp3) is 0.667. The first-order valence-electron chi connectivity index (χ1n) is 4.86. The van der Waals surface area contributed by atoms with E-state index >= 15 is 0 Å². The molecule has 1 saturated heterocycles. The molecule has 2 rings (SSSR count). The molecule has 0 bridgehead atoms. The Bertz CT molecular complexity index is 310. The lowest BCUT2D eigenvalue weighted by atomic mass is 9.96. The van der Waals surface area contributed by atoms with Crippen molar-refractivity contribution in [2.45, 2.75) is 37.9 Å². The van der Waals surface area contributed by atoms with Crippen LogP contribution in [-0.4, -0.2) is 30.2 Å². The standard InChI is InChI=1S/C9H11NO5/c11-7-4-6(8(12)10-7)15-9(13)14-5-2-1-3-5/h5-6H,1-4H2,(H,10,11,12). The number of hydrogen-bond acceptors (Lipinski definition) is 5. The largest absolute Gasteiger partial charge is 0.509 e. The minimum atomic E-state index is -1.02. The molecule has 0 spiro atoms. The zero-order chi connectivity index (χ0) is 10.8. The van der Waals surface area contributed by atoms with Crippen LogP contribution in [0, 0.1) is 0 Å². The third-order valence-corrected chi connectivity index (χ3v) is 2.48. The van der Waals surface area contributed by atoms with Gasteiger partial charge in [-0.05, 0) is 19.3 Å². The molecule has 1 saturated carbocycles. The quantitative estimate of drug-likeness (QED) is 0.520. The van der Waals surface area contributed by atoms with Gasteiger partial charge in [0, 0.05) is 0 Å². The molecular formula is C9H11NO5. The zero-order valence-corrected chi connectivity index (χ0v) is 8.02. The highest BCUT2D eigenvalue weighted by molar-refractivity contribution is 6.05. The predicted octanol–water partition coefficient (Wildman–Crippen LogP) is 0.107. The topological polar surface area (TPSA) is 81.7 Å². The molecule has 2 amide bonds. The van der Waals surface area contributed by atoms with Crippen LogP contribution in [0.4, 0.5) is 4.79 Å². The molecule has 2 aliphatic rings. The molecule has 1 aliphatic heterocycles. The molecule has 0 radical (unpaired) electrons. The van der Waals surface area contributed by atoms with Gasteiger partial charge in [-0.15, -0.1) is 0 Å². The van der Waals surface area contributed by atoms with Crippen molar-refractivity contribution in [2.24, 2.45) is 0 Å². The Balaban J connectivity index is 1.78. The van der Waals surface area contributed by atoms with Crippen molar-refractivity contribution in [1.29, 1.82) is 0 Å². The van der Waals surface area contributed by atoms with Gasteiger partial charge in [0.15, 0.2) is 6.10 Å². The van der Waals surface area contributed by atoms with Gasteiger partial charge < -0.3 is 9.47 Å². The van der Waals surface area contributed by atoms with Crippen LogP contribution >= 0.6 is 0 Å². The number of hydrogen-bond donors (Lipinski definition) is 1. The molecule has 2 fully saturated rings. The molecule has 1 atom stereocenters. The van der Waals surface area contributed by atoms with Gasteiger partial charge in [-0.2, -0.15) is 0 Å². The first-order valence-corrected chi connectivity index (χ1v) is 4.86. The van der Waals surface area contributed by atoms with Crippen LogP contribution in [-0.2, 0) is 19.1 Å². The van der Waals surface area contributed by atoms with E-state index in [0.717, 1.165) is 19.3 Å². The number of rotatable bonds is 2. The maximum absolute atomic E-state index is 11.1. The van der Waals surface area contributed by atoms with E-state index in [-0.39, 0.29) is 12.5 Å². The number of imide groups is 1. The normalized spacial score (nSPS) is 25.7. The van der Waals surface area contributed by atoms with Gasteiger partial charge in [-0.25, -0.2) is 4.79 Å². The third kappa shape index (κ3) is 2.26. The second-order valence-electron chi connectivity index (χ2n) is 3.64. The van der Waals surface area contributed by atoms with E-state index in [1.807, 2.05) is 5.32 Å². The summed E-state index contributed by atoms with van der Waals surface area (Å²) in [6.07, 6.45) is 0.631. The van der Waals surface area contributed by atoms with E-state index < -0.39 is 24.1 Å². The van der Waals surface area contributed by atoms with Crippen molar-refractivity contribution >= 4 is 18.0 Å². The lowest BCUT2D eigenvalue weighted by molar-refractivity contribution is -0.129. The van der Waals surface area contributed by atoms with Gasteiger partial charge >= 0.3 is 6.16 Å². The summed E-state index contributed by atoms with van der Waals surface area (Å²) in [5.74, 6) is -1.01. The summed E-state index contributed by atoms with van der Waals surface area (Å²) in [5, 5.41) is 2.04. The van der Waals surface area contributed by atoms with Crippen LogP contribution in [0.5, 0.6) is 0 Å². The van der Waals surface area contributed by atoms with E-state index in [4.69, 9.17) is 9.47 Å². The monoisotopic (exact) mass is 213 g/mol. The van der Waals surface area contributed by atoms with Gasteiger partial charge in [-0.3, -0.25) is 14.9 Å². The molecule has 1 N–H and O–H groups in total. The Morgan fingerprint density at radius 2 is 2.00 bits per heavy atom. The molecule has 1 aliphatic carbocycles. The molecule has 1 unspecified atom stereocenters. The van der Waals surface area contributed by atoms with Crippen LogP contribution < -0.4 is 5.32 Å². The van der Waals surface area contributed by atoms with E-state index in [0.29, 0.717) is 0 Å². The summed E-state index contributed by atoms with van der Waals surface area (Å²) in [6, 6.07) is 0. The maximum atomic E-state index is 11.1. The van der Waals surface area contributed by atoms with Crippen LogP contribution in [0.15, 0.2) is 0 Å². The van der Waals surface area contributed by atoms with Crippen molar-refractivity contribution in [3.05, 3.63) is 0 Å². The molecule has 6 nitrogen and oxygen atoms in total. The molecule has 15 heavy (non-hydrogen) atoms. The fourth-order valence-corrected chi connectivity index (χ4v) is 1.39. The van der Waals surface area contributed by atoms with Crippen LogP contribution in [0.1, 0.15) is 25.7 Å². The minimum Gasteiger partial charge on any atom is -0.431 e. The molecule has 0 aromatic carbocycles. The highest BCUT2D eigenvalue weighted by Crippen LogP contribution is 2.22. The highest BCUT2D eigenvalue weighted by Gasteiger charge is 2.35. The molecule has 82 valence electrons. The van der Waals surface area contributed by atoms with Crippen LogP contribution in [0.2, 0.25) is 0 Å². The highest BCUT2D eigenvalue weighted by atomic mass is 16.7. The summed E-state index contributed by atoms with van der Waals surface area (Å²) in [6.45, 7) is 0. The second kappa shape index (κ2) is 3.88. The van der Waals surface area contributed by atoms with Crippen LogP contribution in [0.3, 0.4) is 0 Å².